The van der Waals surface area contributed by atoms with Gasteiger partial charge in [-0.05, 0) is 23.8 Å². The van der Waals surface area contributed by atoms with Gasteiger partial charge in [0.1, 0.15) is 11.4 Å². The van der Waals surface area contributed by atoms with E-state index in [-0.39, 0.29) is 0 Å². The maximum absolute atomic E-state index is 5.72. The van der Waals surface area contributed by atoms with E-state index in [1.807, 2.05) is 30.3 Å². The van der Waals surface area contributed by atoms with E-state index in [0.29, 0.717) is 18.5 Å². The van der Waals surface area contributed by atoms with Crippen LogP contribution in [0.2, 0.25) is 0 Å². The summed E-state index contributed by atoms with van der Waals surface area (Å²) >= 11 is 4.32. The highest BCUT2D eigenvalue weighted by Crippen LogP contribution is 2.29. The Morgan fingerprint density at radius 3 is 3.08 bits per heavy atom. The molecule has 126 valence electrons. The standard InChI is InChI=1S/C17H15N5O2S/c1-23-11-4-2-3-10(5-11)7-20-17-22-21-16(24-17)14-9-19-15-13(14)6-12(25)8-18-15/h2-6,8-9,25H,7H2,1H3,(H,18,19)(H,20,22). The summed E-state index contributed by atoms with van der Waals surface area (Å²) in [6.45, 7) is 0.551. The maximum Gasteiger partial charge on any atom is 0.316 e. The number of aromatic nitrogens is 4. The first kappa shape index (κ1) is 15.5. The molecular formula is C17H15N5O2S. The summed E-state index contributed by atoms with van der Waals surface area (Å²) in [6, 6.07) is 10.0. The Bertz CT molecular complexity index is 1030. The summed E-state index contributed by atoms with van der Waals surface area (Å²) in [5, 5.41) is 12.2. The molecule has 25 heavy (non-hydrogen) atoms. The first-order valence-corrected chi connectivity index (χ1v) is 8.04. The first-order chi connectivity index (χ1) is 12.2. The number of hydrogen-bond donors (Lipinski definition) is 3. The molecule has 4 aromatic rings. The van der Waals surface area contributed by atoms with Crippen molar-refractivity contribution in [2.45, 2.75) is 11.4 Å². The average Bonchev–Trinajstić information content (AvgIpc) is 3.26. The van der Waals surface area contributed by atoms with Crippen LogP contribution in [0.1, 0.15) is 5.56 Å². The minimum Gasteiger partial charge on any atom is -0.497 e. The van der Waals surface area contributed by atoms with Gasteiger partial charge in [0.15, 0.2) is 0 Å². The van der Waals surface area contributed by atoms with Crippen LogP contribution in [0.25, 0.3) is 22.5 Å². The predicted octanol–water partition coefficient (Wildman–Crippen LogP) is 3.52. The first-order valence-electron chi connectivity index (χ1n) is 7.60. The zero-order valence-electron chi connectivity index (χ0n) is 13.4. The molecule has 0 aliphatic heterocycles. The molecule has 3 heterocycles. The monoisotopic (exact) mass is 353 g/mol. The minimum atomic E-state index is 0.349. The number of aromatic amines is 1. The van der Waals surface area contributed by atoms with Crippen molar-refractivity contribution in [3.8, 4) is 17.2 Å². The number of rotatable bonds is 5. The highest BCUT2D eigenvalue weighted by molar-refractivity contribution is 7.80. The van der Waals surface area contributed by atoms with E-state index in [9.17, 15) is 0 Å². The van der Waals surface area contributed by atoms with Crippen LogP contribution in [0.4, 0.5) is 6.01 Å². The molecule has 1 aromatic carbocycles. The lowest BCUT2D eigenvalue weighted by atomic mass is 10.2. The fraction of sp³-hybridized carbons (Fsp3) is 0.118. The lowest BCUT2D eigenvalue weighted by Crippen LogP contribution is -1.99. The van der Waals surface area contributed by atoms with Crippen LogP contribution in [-0.2, 0) is 6.54 Å². The molecule has 0 saturated heterocycles. The van der Waals surface area contributed by atoms with E-state index >= 15 is 0 Å². The third kappa shape index (κ3) is 3.16. The van der Waals surface area contributed by atoms with E-state index < -0.39 is 0 Å². The van der Waals surface area contributed by atoms with E-state index in [2.05, 4.69) is 38.1 Å². The summed E-state index contributed by atoms with van der Waals surface area (Å²) in [5.74, 6) is 1.22. The number of ether oxygens (including phenoxy) is 1. The number of methoxy groups -OCH3 is 1. The molecule has 0 fully saturated rings. The van der Waals surface area contributed by atoms with E-state index in [1.54, 1.807) is 19.5 Å². The summed E-state index contributed by atoms with van der Waals surface area (Å²) < 4.78 is 10.9. The number of anilines is 1. The van der Waals surface area contributed by atoms with Crippen molar-refractivity contribution in [3.63, 3.8) is 0 Å². The molecule has 0 aliphatic carbocycles. The van der Waals surface area contributed by atoms with Crippen molar-refractivity contribution in [1.82, 2.24) is 20.2 Å². The van der Waals surface area contributed by atoms with E-state index in [0.717, 1.165) is 32.8 Å². The Labute approximate surface area is 148 Å². The van der Waals surface area contributed by atoms with Gasteiger partial charge in [0.05, 0.1) is 12.7 Å². The van der Waals surface area contributed by atoms with Gasteiger partial charge in [0, 0.05) is 29.2 Å². The summed E-state index contributed by atoms with van der Waals surface area (Å²) in [4.78, 5) is 8.13. The average molecular weight is 353 g/mol. The number of H-pyrrole nitrogens is 1. The van der Waals surface area contributed by atoms with Crippen LogP contribution < -0.4 is 10.1 Å². The highest BCUT2D eigenvalue weighted by atomic mass is 32.1. The zero-order chi connectivity index (χ0) is 17.2. The van der Waals surface area contributed by atoms with Gasteiger partial charge >= 0.3 is 6.01 Å². The normalized spacial score (nSPS) is 11.0. The summed E-state index contributed by atoms with van der Waals surface area (Å²) in [5.41, 5.74) is 2.59. The Balaban J connectivity index is 1.54. The molecule has 0 bridgehead atoms. The molecule has 0 amide bonds. The van der Waals surface area contributed by atoms with Crippen molar-refractivity contribution < 1.29 is 9.15 Å². The third-order valence-electron chi connectivity index (χ3n) is 3.75. The number of benzene rings is 1. The van der Waals surface area contributed by atoms with Crippen molar-refractivity contribution in [2.75, 3.05) is 12.4 Å². The number of thiol groups is 1. The molecule has 0 atom stereocenters. The molecule has 0 aliphatic rings. The molecule has 3 aromatic heterocycles. The van der Waals surface area contributed by atoms with Crippen LogP contribution in [0.15, 0.2) is 52.0 Å². The van der Waals surface area contributed by atoms with Crippen LogP contribution in [0.5, 0.6) is 5.75 Å². The number of hydrogen-bond acceptors (Lipinski definition) is 7. The van der Waals surface area contributed by atoms with Gasteiger partial charge in [0.25, 0.3) is 5.89 Å². The van der Waals surface area contributed by atoms with Crippen molar-refractivity contribution >= 4 is 29.7 Å². The molecule has 2 N–H and O–H groups in total. The Morgan fingerprint density at radius 2 is 2.20 bits per heavy atom. The number of nitrogens with zero attached hydrogens (tertiary/aromatic N) is 3. The Kier molecular flexibility index (Phi) is 4.02. The molecule has 0 saturated carbocycles. The number of nitrogens with one attached hydrogen (secondary N) is 2. The maximum atomic E-state index is 5.72. The Hall–Kier alpha value is -3.00. The third-order valence-corrected chi connectivity index (χ3v) is 3.99. The largest absolute Gasteiger partial charge is 0.497 e. The second-order valence-electron chi connectivity index (χ2n) is 5.41. The summed E-state index contributed by atoms with van der Waals surface area (Å²) in [6.07, 6.45) is 3.48. The van der Waals surface area contributed by atoms with Gasteiger partial charge in [0.2, 0.25) is 0 Å². The van der Waals surface area contributed by atoms with Crippen LogP contribution in [0, 0.1) is 0 Å². The molecule has 0 unspecified atom stereocenters. The topological polar surface area (TPSA) is 88.9 Å². The molecule has 0 spiro atoms. The highest BCUT2D eigenvalue weighted by Gasteiger charge is 2.14. The number of fused-ring (bicyclic) bond motifs is 1. The van der Waals surface area contributed by atoms with E-state index in [4.69, 9.17) is 9.15 Å². The summed E-state index contributed by atoms with van der Waals surface area (Å²) in [7, 11) is 1.64. The molecule has 0 radical (unpaired) electrons. The smallest absolute Gasteiger partial charge is 0.316 e. The quantitative estimate of drug-likeness (QED) is 0.476. The minimum absolute atomic E-state index is 0.349. The Morgan fingerprint density at radius 1 is 1.28 bits per heavy atom. The van der Waals surface area contributed by atoms with Gasteiger partial charge in [-0.15, -0.1) is 17.7 Å². The van der Waals surface area contributed by atoms with Gasteiger partial charge < -0.3 is 19.5 Å². The van der Waals surface area contributed by atoms with Gasteiger partial charge in [-0.1, -0.05) is 17.2 Å². The van der Waals surface area contributed by atoms with Crippen molar-refractivity contribution in [1.29, 1.82) is 0 Å². The second-order valence-corrected chi connectivity index (χ2v) is 5.93. The molecule has 8 heteroatoms. The van der Waals surface area contributed by atoms with E-state index in [1.165, 1.54) is 0 Å². The SMILES string of the molecule is COc1cccc(CNc2nnc(-c3c[nH]c4ncc(S)cc34)o2)c1. The number of pyridine rings is 1. The second kappa shape index (κ2) is 6.48. The van der Waals surface area contributed by atoms with Crippen LogP contribution >= 0.6 is 12.6 Å². The molecule has 7 nitrogen and oxygen atoms in total. The van der Waals surface area contributed by atoms with Crippen molar-refractivity contribution in [3.05, 3.63) is 48.3 Å². The van der Waals surface area contributed by atoms with Crippen LogP contribution in [0.3, 0.4) is 0 Å². The lowest BCUT2D eigenvalue weighted by molar-refractivity contribution is 0.414. The molecule has 4 rings (SSSR count). The van der Waals surface area contributed by atoms with Crippen molar-refractivity contribution in [2.24, 2.45) is 0 Å². The zero-order valence-corrected chi connectivity index (χ0v) is 14.2. The lowest BCUT2D eigenvalue weighted by Gasteiger charge is -2.04. The van der Waals surface area contributed by atoms with Gasteiger partial charge in [-0.25, -0.2) is 4.98 Å². The fourth-order valence-corrected chi connectivity index (χ4v) is 2.72. The van der Waals surface area contributed by atoms with Gasteiger partial charge in [-0.3, -0.25) is 0 Å². The molecular weight excluding hydrogens is 338 g/mol. The predicted molar refractivity (Wildman–Crippen MR) is 97.0 cm³/mol. The van der Waals surface area contributed by atoms with Gasteiger partial charge in [-0.2, -0.15) is 0 Å². The fourth-order valence-electron chi connectivity index (χ4n) is 2.53. The van der Waals surface area contributed by atoms with Crippen LogP contribution in [-0.4, -0.2) is 27.3 Å².